The van der Waals surface area contributed by atoms with Gasteiger partial charge in [0.2, 0.25) is 0 Å². The van der Waals surface area contributed by atoms with Crippen LogP contribution in [0.1, 0.15) is 60.8 Å². The Morgan fingerprint density at radius 3 is 2.29 bits per heavy atom. The third kappa shape index (κ3) is 8.53. The van der Waals surface area contributed by atoms with E-state index in [-0.39, 0.29) is 22.8 Å². The Hall–Kier alpha value is -4.87. The van der Waals surface area contributed by atoms with Crippen LogP contribution < -0.4 is 15.4 Å². The molecule has 0 unspecified atom stereocenters. The lowest BCUT2D eigenvalue weighted by atomic mass is 9.90. The van der Waals surface area contributed by atoms with Crippen LogP contribution in [0.15, 0.2) is 78.9 Å². The van der Waals surface area contributed by atoms with E-state index in [0.29, 0.717) is 37.4 Å². The molecule has 0 atom stereocenters. The van der Waals surface area contributed by atoms with Crippen LogP contribution in [0.25, 0.3) is 5.69 Å². The zero-order valence-corrected chi connectivity index (χ0v) is 27.3. The lowest BCUT2D eigenvalue weighted by Gasteiger charge is -2.32. The zero-order valence-electron chi connectivity index (χ0n) is 27.3. The molecule has 1 aliphatic rings. The molecule has 0 bridgehead atoms. The normalized spacial score (nSPS) is 14.2. The number of rotatable bonds is 9. The van der Waals surface area contributed by atoms with Gasteiger partial charge < -0.3 is 15.0 Å². The van der Waals surface area contributed by atoms with Gasteiger partial charge in [-0.1, -0.05) is 56.7 Å². The molecule has 0 radical (unpaired) electrons. The van der Waals surface area contributed by atoms with Gasteiger partial charge in [0.25, 0.3) is 5.91 Å². The summed E-state index contributed by atoms with van der Waals surface area (Å²) in [7, 11) is 0. The van der Waals surface area contributed by atoms with E-state index < -0.39 is 24.3 Å². The highest BCUT2D eigenvalue weighted by molar-refractivity contribution is 5.99. The largest absolute Gasteiger partial charge is 0.461 e. The van der Waals surface area contributed by atoms with Crippen LogP contribution in [-0.2, 0) is 11.8 Å². The molecule has 3 aromatic carbocycles. The van der Waals surface area contributed by atoms with Gasteiger partial charge in [-0.2, -0.15) is 22.7 Å². The maximum atomic E-state index is 13.3. The van der Waals surface area contributed by atoms with Gasteiger partial charge in [-0.15, -0.1) is 0 Å². The van der Waals surface area contributed by atoms with Gasteiger partial charge in [-0.3, -0.25) is 10.1 Å². The molecule has 254 valence electrons. The van der Waals surface area contributed by atoms with Crippen molar-refractivity contribution in [3.8, 4) is 11.4 Å². The van der Waals surface area contributed by atoms with Gasteiger partial charge in [0, 0.05) is 35.8 Å². The average molecular weight is 666 g/mol. The molecule has 1 aliphatic heterocycles. The number of hydrogen-bond donors (Lipinski definition) is 2. The Labute approximate surface area is 277 Å². The number of nitrogens with zero attached hydrogens (tertiary/aromatic N) is 3. The van der Waals surface area contributed by atoms with E-state index in [4.69, 9.17) is 5.10 Å². The highest BCUT2D eigenvalue weighted by Gasteiger charge is 2.44. The van der Waals surface area contributed by atoms with Gasteiger partial charge in [0.05, 0.1) is 11.4 Å². The number of alkyl halides is 4. The van der Waals surface area contributed by atoms with Crippen molar-refractivity contribution in [2.45, 2.75) is 64.9 Å². The second kappa shape index (κ2) is 14.1. The molecular weight excluding hydrogens is 626 g/mol. The van der Waals surface area contributed by atoms with Crippen molar-refractivity contribution in [3.63, 3.8) is 0 Å². The van der Waals surface area contributed by atoms with Crippen molar-refractivity contribution in [2.75, 3.05) is 23.7 Å². The van der Waals surface area contributed by atoms with Crippen LogP contribution in [0.5, 0.6) is 5.75 Å². The minimum absolute atomic E-state index is 0.0876. The van der Waals surface area contributed by atoms with E-state index in [9.17, 15) is 27.2 Å². The van der Waals surface area contributed by atoms with Gasteiger partial charge in [-0.25, -0.2) is 9.48 Å². The van der Waals surface area contributed by atoms with Crippen LogP contribution in [0.4, 0.5) is 33.9 Å². The second-order valence-corrected chi connectivity index (χ2v) is 13.1. The van der Waals surface area contributed by atoms with E-state index in [2.05, 4.69) is 36.1 Å². The first-order chi connectivity index (χ1) is 22.7. The van der Waals surface area contributed by atoms with Crippen molar-refractivity contribution in [3.05, 3.63) is 101 Å². The Kier molecular flexibility index (Phi) is 10.1. The van der Waals surface area contributed by atoms with E-state index in [1.165, 1.54) is 12.1 Å². The smallest absolute Gasteiger partial charge is 0.428 e. The predicted molar refractivity (Wildman–Crippen MR) is 176 cm³/mol. The lowest BCUT2D eigenvalue weighted by Crippen LogP contribution is -2.39. The Morgan fingerprint density at radius 1 is 0.938 bits per heavy atom. The number of urea groups is 1. The van der Waals surface area contributed by atoms with Crippen LogP contribution in [0.2, 0.25) is 0 Å². The standard InChI is InChI=1S/C36H39F4N5O3/c1-23-11-13-28(14-12-23)45-31(22-30(43-45)35(2,3)4)42-34(47)41-27-9-5-7-25(20-27)19-24-15-17-44(18-16-24)32(46)26-8-6-10-29(21-26)48-36(39,40)33(37)38/h5-14,20-22,24,33H,15-19H2,1-4H3,(H2,41,42,47). The summed E-state index contributed by atoms with van der Waals surface area (Å²) in [6.45, 7) is 9.10. The lowest BCUT2D eigenvalue weighted by molar-refractivity contribution is -0.253. The number of carbonyl (C=O) groups is 2. The van der Waals surface area contributed by atoms with E-state index in [0.717, 1.165) is 41.1 Å². The Bertz CT molecular complexity index is 1740. The topological polar surface area (TPSA) is 88.5 Å². The molecule has 3 amide bonds. The summed E-state index contributed by atoms with van der Waals surface area (Å²) >= 11 is 0. The van der Waals surface area contributed by atoms with Crippen LogP contribution >= 0.6 is 0 Å². The van der Waals surface area contributed by atoms with E-state index in [1.807, 2.05) is 61.5 Å². The minimum atomic E-state index is -4.65. The molecule has 1 saturated heterocycles. The summed E-state index contributed by atoms with van der Waals surface area (Å²) in [5, 5.41) is 10.6. The molecule has 4 aromatic rings. The van der Waals surface area contributed by atoms with Crippen molar-refractivity contribution < 1.29 is 31.9 Å². The maximum absolute atomic E-state index is 13.3. The molecule has 0 saturated carbocycles. The van der Waals surface area contributed by atoms with Crippen molar-refractivity contribution in [1.29, 1.82) is 0 Å². The third-order valence-corrected chi connectivity index (χ3v) is 8.20. The first-order valence-electron chi connectivity index (χ1n) is 15.8. The van der Waals surface area contributed by atoms with Crippen LogP contribution in [-0.4, -0.2) is 52.2 Å². The van der Waals surface area contributed by atoms with Gasteiger partial charge >= 0.3 is 18.6 Å². The van der Waals surface area contributed by atoms with Gasteiger partial charge in [0.1, 0.15) is 11.6 Å². The molecule has 1 fully saturated rings. The SMILES string of the molecule is Cc1ccc(-n2nc(C(C)(C)C)cc2NC(=O)Nc2cccc(CC3CCN(C(=O)c4cccc(OC(F)(F)C(F)F)c4)CC3)c2)cc1. The van der Waals surface area contributed by atoms with Gasteiger partial charge in [-0.05, 0) is 80.1 Å². The summed E-state index contributed by atoms with van der Waals surface area (Å²) in [4.78, 5) is 27.8. The number of anilines is 2. The Balaban J connectivity index is 1.17. The fraction of sp³-hybridized carbons (Fsp3) is 0.361. The molecule has 0 spiro atoms. The summed E-state index contributed by atoms with van der Waals surface area (Å²) in [6, 6.07) is 21.9. The van der Waals surface area contributed by atoms with Gasteiger partial charge in [0.15, 0.2) is 0 Å². The Morgan fingerprint density at radius 2 is 1.62 bits per heavy atom. The van der Waals surface area contributed by atoms with E-state index in [1.54, 1.807) is 9.58 Å². The summed E-state index contributed by atoms with van der Waals surface area (Å²) in [5.41, 5.74) is 4.32. The monoisotopic (exact) mass is 665 g/mol. The molecule has 48 heavy (non-hydrogen) atoms. The number of aromatic nitrogens is 2. The molecule has 8 nitrogen and oxygen atoms in total. The highest BCUT2D eigenvalue weighted by Crippen LogP contribution is 2.30. The maximum Gasteiger partial charge on any atom is 0.461 e. The number of carbonyl (C=O) groups excluding carboxylic acids is 2. The van der Waals surface area contributed by atoms with E-state index >= 15 is 0 Å². The molecule has 12 heteroatoms. The molecule has 2 N–H and O–H groups in total. The molecular formula is C36H39F4N5O3. The summed E-state index contributed by atoms with van der Waals surface area (Å²) < 4.78 is 57.6. The third-order valence-electron chi connectivity index (χ3n) is 8.20. The average Bonchev–Trinajstić information content (AvgIpc) is 3.46. The van der Waals surface area contributed by atoms with Crippen LogP contribution in [0, 0.1) is 12.8 Å². The second-order valence-electron chi connectivity index (χ2n) is 13.1. The molecule has 5 rings (SSSR count). The number of piperidine rings is 1. The molecule has 2 heterocycles. The van der Waals surface area contributed by atoms with Crippen molar-refractivity contribution in [1.82, 2.24) is 14.7 Å². The summed E-state index contributed by atoms with van der Waals surface area (Å²) in [5.74, 6) is -0.0640. The number of amides is 3. The number of halogens is 4. The molecule has 0 aliphatic carbocycles. The number of hydrogen-bond acceptors (Lipinski definition) is 4. The molecule has 1 aromatic heterocycles. The number of aryl methyl sites for hydroxylation is 1. The number of likely N-dealkylation sites (tertiary alicyclic amines) is 1. The first kappa shape index (κ1) is 34.5. The predicted octanol–water partition coefficient (Wildman–Crippen LogP) is 8.45. The van der Waals surface area contributed by atoms with Crippen molar-refractivity contribution in [2.24, 2.45) is 5.92 Å². The first-order valence-corrected chi connectivity index (χ1v) is 15.8. The fourth-order valence-corrected chi connectivity index (χ4v) is 5.52. The quantitative estimate of drug-likeness (QED) is 0.176. The summed E-state index contributed by atoms with van der Waals surface area (Å²) in [6.07, 6.45) is -6.49. The number of benzene rings is 3. The zero-order chi connectivity index (χ0) is 34.6. The highest BCUT2D eigenvalue weighted by atomic mass is 19.3. The van der Waals surface area contributed by atoms with Crippen LogP contribution in [0.3, 0.4) is 0 Å². The minimum Gasteiger partial charge on any atom is -0.428 e. The fourth-order valence-electron chi connectivity index (χ4n) is 5.52. The number of ether oxygens (including phenoxy) is 1. The van der Waals surface area contributed by atoms with Crippen molar-refractivity contribution >= 4 is 23.4 Å². The number of nitrogens with one attached hydrogen (secondary N) is 2.